The fraction of sp³-hybridized carbons (Fsp3) is 0.308. The minimum Gasteiger partial charge on any atom is -0.383 e. The number of pyridine rings is 1. The minimum atomic E-state index is -0.204. The summed E-state index contributed by atoms with van der Waals surface area (Å²) < 4.78 is 0. The van der Waals surface area contributed by atoms with E-state index in [2.05, 4.69) is 89.2 Å². The van der Waals surface area contributed by atoms with Gasteiger partial charge < -0.3 is 15.5 Å². The van der Waals surface area contributed by atoms with E-state index >= 15 is 0 Å². The van der Waals surface area contributed by atoms with Crippen molar-refractivity contribution >= 4 is 17.7 Å². The lowest BCUT2D eigenvalue weighted by Gasteiger charge is -2.34. The molecule has 2 N–H and O–H groups in total. The van der Waals surface area contributed by atoms with Gasteiger partial charge in [0.15, 0.2) is 0 Å². The van der Waals surface area contributed by atoms with E-state index < -0.39 is 0 Å². The van der Waals surface area contributed by atoms with E-state index in [9.17, 15) is 0 Å². The topological polar surface area (TPSA) is 57.8 Å². The van der Waals surface area contributed by atoms with E-state index in [1.807, 2.05) is 12.4 Å². The largest absolute Gasteiger partial charge is 0.383 e. The molecule has 1 saturated heterocycles. The first kappa shape index (κ1) is 19.8. The van der Waals surface area contributed by atoms with Crippen LogP contribution < -0.4 is 10.6 Å². The maximum absolute atomic E-state index is 6.29. The fourth-order valence-corrected chi connectivity index (χ4v) is 4.46. The van der Waals surface area contributed by atoms with Crippen molar-refractivity contribution in [1.82, 2.24) is 9.88 Å². The van der Waals surface area contributed by atoms with E-state index in [-0.39, 0.29) is 5.54 Å². The number of piperazine rings is 1. The van der Waals surface area contributed by atoms with Gasteiger partial charge in [-0.2, -0.15) is 0 Å². The Kier molecular flexibility index (Phi) is 4.78. The highest BCUT2D eigenvalue weighted by Gasteiger charge is 2.27. The van der Waals surface area contributed by atoms with Crippen molar-refractivity contribution in [2.75, 3.05) is 43.9 Å². The molecular formula is C26H29N5. The van der Waals surface area contributed by atoms with Crippen molar-refractivity contribution in [3.8, 4) is 22.3 Å². The number of nitrogens with zero attached hydrogens (tertiary/aromatic N) is 4. The van der Waals surface area contributed by atoms with Crippen LogP contribution in [0.5, 0.6) is 0 Å². The number of aliphatic imine (C=N–C) groups is 1. The Bertz CT molecular complexity index is 1140. The van der Waals surface area contributed by atoms with E-state index in [0.717, 1.165) is 48.4 Å². The first-order valence-electron chi connectivity index (χ1n) is 10.9. The number of aromatic nitrogens is 1. The Hall–Kier alpha value is -3.18. The second kappa shape index (κ2) is 7.50. The lowest BCUT2D eigenvalue weighted by molar-refractivity contribution is 0.313. The van der Waals surface area contributed by atoms with Gasteiger partial charge in [0.1, 0.15) is 5.82 Å². The molecule has 2 aliphatic rings. The van der Waals surface area contributed by atoms with Crippen LogP contribution in [0.2, 0.25) is 0 Å². The summed E-state index contributed by atoms with van der Waals surface area (Å²) in [5, 5.41) is 0. The molecule has 3 aromatic rings. The van der Waals surface area contributed by atoms with Gasteiger partial charge in [0.2, 0.25) is 0 Å². The summed E-state index contributed by atoms with van der Waals surface area (Å²) in [7, 11) is 2.18. The van der Waals surface area contributed by atoms with Gasteiger partial charge >= 0.3 is 0 Å². The van der Waals surface area contributed by atoms with Crippen molar-refractivity contribution in [3.63, 3.8) is 0 Å². The molecule has 5 heteroatoms. The second-order valence-corrected chi connectivity index (χ2v) is 9.11. The molecular weight excluding hydrogens is 382 g/mol. The SMILES string of the molecule is CN1CCN(c2ccc(-c3cnc(N)c(-c4ccc5c(c4)C(C)(C)N=C5)c3)cc2)CC1. The summed E-state index contributed by atoms with van der Waals surface area (Å²) >= 11 is 0. The van der Waals surface area contributed by atoms with Crippen LogP contribution in [0.1, 0.15) is 25.0 Å². The summed E-state index contributed by atoms with van der Waals surface area (Å²) in [5.74, 6) is 0.550. The van der Waals surface area contributed by atoms with Gasteiger partial charge in [0, 0.05) is 55.4 Å². The van der Waals surface area contributed by atoms with Gasteiger partial charge in [-0.25, -0.2) is 4.98 Å². The van der Waals surface area contributed by atoms with Crippen LogP contribution in [0.25, 0.3) is 22.3 Å². The zero-order valence-electron chi connectivity index (χ0n) is 18.5. The number of hydrogen-bond acceptors (Lipinski definition) is 5. The predicted octanol–water partition coefficient (Wildman–Crippen LogP) is 4.42. The molecule has 2 aromatic carbocycles. The van der Waals surface area contributed by atoms with Gasteiger partial charge in [-0.3, -0.25) is 4.99 Å². The Labute approximate surface area is 184 Å². The van der Waals surface area contributed by atoms with Gasteiger partial charge in [-0.15, -0.1) is 0 Å². The lowest BCUT2D eigenvalue weighted by Crippen LogP contribution is -2.44. The average molecular weight is 412 g/mol. The third-order valence-corrected chi connectivity index (χ3v) is 6.54. The molecule has 5 nitrogen and oxygen atoms in total. The summed E-state index contributed by atoms with van der Waals surface area (Å²) in [6.45, 7) is 8.63. The third-order valence-electron chi connectivity index (χ3n) is 6.54. The number of hydrogen-bond donors (Lipinski definition) is 1. The van der Waals surface area contributed by atoms with Crippen molar-refractivity contribution < 1.29 is 0 Å². The monoisotopic (exact) mass is 411 g/mol. The highest BCUT2D eigenvalue weighted by atomic mass is 15.2. The van der Waals surface area contributed by atoms with E-state index in [1.165, 1.54) is 16.8 Å². The van der Waals surface area contributed by atoms with Crippen molar-refractivity contribution in [2.45, 2.75) is 19.4 Å². The summed E-state index contributed by atoms with van der Waals surface area (Å²) in [6.07, 6.45) is 3.82. The van der Waals surface area contributed by atoms with Crippen molar-refractivity contribution in [2.24, 2.45) is 4.99 Å². The summed E-state index contributed by atoms with van der Waals surface area (Å²) in [5.41, 5.74) is 14.0. The second-order valence-electron chi connectivity index (χ2n) is 9.11. The Morgan fingerprint density at radius 2 is 1.58 bits per heavy atom. The van der Waals surface area contributed by atoms with Gasteiger partial charge in [0.25, 0.3) is 0 Å². The maximum atomic E-state index is 6.29. The highest BCUT2D eigenvalue weighted by molar-refractivity contribution is 5.89. The minimum absolute atomic E-state index is 0.204. The van der Waals surface area contributed by atoms with Crippen LogP contribution >= 0.6 is 0 Å². The van der Waals surface area contributed by atoms with Crippen molar-refractivity contribution in [3.05, 3.63) is 65.9 Å². The number of nitrogens with two attached hydrogens (primary N) is 1. The fourth-order valence-electron chi connectivity index (χ4n) is 4.46. The first-order valence-corrected chi connectivity index (χ1v) is 10.9. The molecule has 0 spiro atoms. The number of benzene rings is 2. The molecule has 0 atom stereocenters. The van der Waals surface area contributed by atoms with Gasteiger partial charge in [-0.05, 0) is 67.4 Å². The molecule has 0 unspecified atom stereocenters. The Balaban J connectivity index is 1.44. The predicted molar refractivity (Wildman–Crippen MR) is 130 cm³/mol. The molecule has 0 bridgehead atoms. The van der Waals surface area contributed by atoms with Crippen LogP contribution in [0.3, 0.4) is 0 Å². The molecule has 0 aliphatic carbocycles. The number of anilines is 2. The van der Waals surface area contributed by atoms with E-state index in [0.29, 0.717) is 5.82 Å². The Morgan fingerprint density at radius 3 is 2.32 bits per heavy atom. The van der Waals surface area contributed by atoms with Gasteiger partial charge in [-0.1, -0.05) is 24.3 Å². The molecule has 2 aliphatic heterocycles. The zero-order valence-corrected chi connectivity index (χ0v) is 18.5. The van der Waals surface area contributed by atoms with E-state index in [1.54, 1.807) is 0 Å². The normalized spacial score (nSPS) is 17.7. The summed E-state index contributed by atoms with van der Waals surface area (Å²) in [6, 6.07) is 17.4. The van der Waals surface area contributed by atoms with Crippen LogP contribution in [-0.2, 0) is 5.54 Å². The van der Waals surface area contributed by atoms with E-state index in [4.69, 9.17) is 5.73 Å². The first-order chi connectivity index (χ1) is 14.9. The van der Waals surface area contributed by atoms with Crippen LogP contribution in [0.15, 0.2) is 59.7 Å². The number of likely N-dealkylation sites (N-methyl/N-ethyl adjacent to an activating group) is 1. The molecule has 1 aromatic heterocycles. The zero-order chi connectivity index (χ0) is 21.6. The number of fused-ring (bicyclic) bond motifs is 1. The molecule has 0 saturated carbocycles. The highest BCUT2D eigenvalue weighted by Crippen LogP contribution is 2.37. The third kappa shape index (κ3) is 3.70. The molecule has 31 heavy (non-hydrogen) atoms. The van der Waals surface area contributed by atoms with Crippen LogP contribution in [-0.4, -0.2) is 49.3 Å². The summed E-state index contributed by atoms with van der Waals surface area (Å²) in [4.78, 5) is 14.0. The van der Waals surface area contributed by atoms with Gasteiger partial charge in [0.05, 0.1) is 5.54 Å². The number of nitrogen functional groups attached to an aromatic ring is 1. The number of rotatable bonds is 3. The van der Waals surface area contributed by atoms with Crippen LogP contribution in [0.4, 0.5) is 11.5 Å². The molecule has 0 radical (unpaired) electrons. The average Bonchev–Trinajstić information content (AvgIpc) is 3.09. The van der Waals surface area contributed by atoms with Crippen molar-refractivity contribution in [1.29, 1.82) is 0 Å². The smallest absolute Gasteiger partial charge is 0.131 e. The molecule has 3 heterocycles. The standard InChI is InChI=1S/C26H29N5/c1-26(2)24-15-19(4-5-20(24)17-29-26)23-14-21(16-28-25(23)27)18-6-8-22(9-7-18)31-12-10-30(3)11-13-31/h4-9,14-17H,10-13H2,1-3H3,(H2,27,28). The lowest BCUT2D eigenvalue weighted by atomic mass is 9.90. The molecule has 158 valence electrons. The van der Waals surface area contributed by atoms with Crippen LogP contribution in [0, 0.1) is 0 Å². The Morgan fingerprint density at radius 1 is 0.871 bits per heavy atom. The quantitative estimate of drug-likeness (QED) is 0.693. The maximum Gasteiger partial charge on any atom is 0.131 e. The molecule has 5 rings (SSSR count). The molecule has 0 amide bonds. The molecule has 1 fully saturated rings.